The molecule has 1 aliphatic carbocycles. The highest BCUT2D eigenvalue weighted by Crippen LogP contribution is 2.49. The van der Waals surface area contributed by atoms with E-state index in [1.165, 1.54) is 0 Å². The van der Waals surface area contributed by atoms with Crippen LogP contribution in [0.15, 0.2) is 76.9 Å². The van der Waals surface area contributed by atoms with E-state index in [1.807, 2.05) is 76.2 Å². The van der Waals surface area contributed by atoms with Crippen LogP contribution in [0.4, 0.5) is 0 Å². The monoisotopic (exact) mass is 456 g/mol. The van der Waals surface area contributed by atoms with Gasteiger partial charge in [0, 0.05) is 11.1 Å². The highest BCUT2D eigenvalue weighted by Gasteiger charge is 2.37. The standard InChI is InChI=1S/C29H32N2O3/c1-18(2)32-25-14-7-5-10-20(25)16-21-11-9-13-23-27(24(17-30)29(31)34-28(21)23)22-12-6-8-15-26(22)33-19(3)4/h5-8,10,12,14-16,18-19,27H,9,11,13,31H2,1-4H3/b21-16+. The van der Waals surface area contributed by atoms with E-state index in [1.54, 1.807) is 0 Å². The maximum atomic E-state index is 10.0. The summed E-state index contributed by atoms with van der Waals surface area (Å²) in [7, 11) is 0. The van der Waals surface area contributed by atoms with Gasteiger partial charge in [-0.15, -0.1) is 0 Å². The molecule has 0 aromatic heterocycles. The molecule has 0 saturated carbocycles. The number of nitrogens with two attached hydrogens (primary N) is 1. The molecule has 0 saturated heterocycles. The number of allylic oxidation sites excluding steroid dienone is 3. The predicted octanol–water partition coefficient (Wildman–Crippen LogP) is 6.59. The molecule has 5 heteroatoms. The van der Waals surface area contributed by atoms with Gasteiger partial charge in [0.05, 0.1) is 18.1 Å². The normalized spacial score (nSPS) is 19.2. The van der Waals surface area contributed by atoms with Gasteiger partial charge in [-0.05, 0) is 76.3 Å². The molecule has 2 N–H and O–H groups in total. The van der Waals surface area contributed by atoms with Crippen LogP contribution in [0.2, 0.25) is 0 Å². The van der Waals surface area contributed by atoms with E-state index in [0.29, 0.717) is 5.57 Å². The minimum absolute atomic E-state index is 0.0144. The lowest BCUT2D eigenvalue weighted by molar-refractivity contribution is 0.238. The number of nitriles is 1. The summed E-state index contributed by atoms with van der Waals surface area (Å²) in [6.07, 6.45) is 4.87. The van der Waals surface area contributed by atoms with Crippen LogP contribution >= 0.6 is 0 Å². The zero-order chi connectivity index (χ0) is 24.2. The Morgan fingerprint density at radius 2 is 1.62 bits per heavy atom. The Morgan fingerprint density at radius 1 is 0.971 bits per heavy atom. The summed E-state index contributed by atoms with van der Waals surface area (Å²) < 4.78 is 18.3. The van der Waals surface area contributed by atoms with Crippen molar-refractivity contribution in [2.24, 2.45) is 5.73 Å². The first-order chi connectivity index (χ1) is 16.4. The molecule has 1 unspecified atom stereocenters. The first-order valence-electron chi connectivity index (χ1n) is 11.9. The number of hydrogen-bond acceptors (Lipinski definition) is 5. The molecular weight excluding hydrogens is 424 g/mol. The number of rotatable bonds is 6. The van der Waals surface area contributed by atoms with Crippen LogP contribution in [0, 0.1) is 11.3 Å². The molecule has 1 aliphatic heterocycles. The third-order valence-corrected chi connectivity index (χ3v) is 5.91. The zero-order valence-electron chi connectivity index (χ0n) is 20.3. The van der Waals surface area contributed by atoms with Crippen LogP contribution in [0.5, 0.6) is 11.5 Å². The van der Waals surface area contributed by atoms with Crippen molar-refractivity contribution < 1.29 is 14.2 Å². The molecule has 0 fully saturated rings. The summed E-state index contributed by atoms with van der Waals surface area (Å²) in [5.41, 5.74) is 10.8. The molecule has 0 amide bonds. The second-order valence-electron chi connectivity index (χ2n) is 9.21. The minimum atomic E-state index is -0.297. The number of ether oxygens (including phenoxy) is 3. The Kier molecular flexibility index (Phi) is 6.98. The molecule has 1 heterocycles. The molecular formula is C29H32N2O3. The van der Waals surface area contributed by atoms with Crippen molar-refractivity contribution in [3.8, 4) is 17.6 Å². The Morgan fingerprint density at radius 3 is 2.32 bits per heavy atom. The third kappa shape index (κ3) is 4.82. The topological polar surface area (TPSA) is 77.5 Å². The highest BCUT2D eigenvalue weighted by molar-refractivity contribution is 5.66. The van der Waals surface area contributed by atoms with E-state index in [9.17, 15) is 5.26 Å². The lowest BCUT2D eigenvalue weighted by Crippen LogP contribution is -2.24. The summed E-state index contributed by atoms with van der Waals surface area (Å²) in [5.74, 6) is 2.23. The van der Waals surface area contributed by atoms with Gasteiger partial charge in [-0.1, -0.05) is 36.4 Å². The minimum Gasteiger partial charge on any atom is -0.491 e. The molecule has 0 bridgehead atoms. The summed E-state index contributed by atoms with van der Waals surface area (Å²) in [5, 5.41) is 10.0. The Labute approximate surface area is 202 Å². The fourth-order valence-electron chi connectivity index (χ4n) is 4.62. The molecule has 34 heavy (non-hydrogen) atoms. The number of para-hydroxylation sites is 2. The average molecular weight is 457 g/mol. The van der Waals surface area contributed by atoms with E-state index in [4.69, 9.17) is 19.9 Å². The summed E-state index contributed by atoms with van der Waals surface area (Å²) in [6.45, 7) is 8.04. The Hall–Kier alpha value is -3.65. The van der Waals surface area contributed by atoms with Crippen molar-refractivity contribution in [1.82, 2.24) is 0 Å². The number of nitrogens with zero attached hydrogens (tertiary/aromatic N) is 1. The van der Waals surface area contributed by atoms with Crippen molar-refractivity contribution >= 4 is 6.08 Å². The highest BCUT2D eigenvalue weighted by atomic mass is 16.5. The van der Waals surface area contributed by atoms with Gasteiger partial charge in [-0.25, -0.2) is 0 Å². The second-order valence-corrected chi connectivity index (χ2v) is 9.21. The molecule has 1 atom stereocenters. The molecule has 2 aromatic carbocycles. The van der Waals surface area contributed by atoms with Gasteiger partial charge in [0.2, 0.25) is 5.88 Å². The molecule has 176 valence electrons. The SMILES string of the molecule is CC(C)Oc1ccccc1/C=C1\CCCC2=C1OC(N)=C(C#N)C2c1ccccc1OC(C)C. The summed E-state index contributed by atoms with van der Waals surface area (Å²) in [6, 6.07) is 18.2. The third-order valence-electron chi connectivity index (χ3n) is 5.91. The molecule has 2 aromatic rings. The lowest BCUT2D eigenvalue weighted by atomic mass is 9.76. The largest absolute Gasteiger partial charge is 0.491 e. The fraction of sp³-hybridized carbons (Fsp3) is 0.345. The van der Waals surface area contributed by atoms with Gasteiger partial charge < -0.3 is 19.9 Å². The van der Waals surface area contributed by atoms with Crippen LogP contribution < -0.4 is 15.2 Å². The van der Waals surface area contributed by atoms with Crippen LogP contribution in [0.1, 0.15) is 64.0 Å². The van der Waals surface area contributed by atoms with Crippen LogP contribution in [0.25, 0.3) is 6.08 Å². The molecule has 0 radical (unpaired) electrons. The first-order valence-corrected chi connectivity index (χ1v) is 11.9. The number of benzene rings is 2. The van der Waals surface area contributed by atoms with E-state index >= 15 is 0 Å². The summed E-state index contributed by atoms with van der Waals surface area (Å²) in [4.78, 5) is 0. The van der Waals surface area contributed by atoms with Crippen LogP contribution in [-0.2, 0) is 4.74 Å². The van der Waals surface area contributed by atoms with Gasteiger partial charge in [0.25, 0.3) is 0 Å². The molecule has 5 nitrogen and oxygen atoms in total. The van der Waals surface area contributed by atoms with Gasteiger partial charge in [0.1, 0.15) is 28.9 Å². The molecule has 2 aliphatic rings. The first kappa shape index (κ1) is 23.5. The lowest BCUT2D eigenvalue weighted by Gasteiger charge is -2.34. The second kappa shape index (κ2) is 10.1. The zero-order valence-corrected chi connectivity index (χ0v) is 20.3. The quantitative estimate of drug-likeness (QED) is 0.530. The van der Waals surface area contributed by atoms with Gasteiger partial charge in [0.15, 0.2) is 0 Å². The average Bonchev–Trinajstić information content (AvgIpc) is 2.80. The van der Waals surface area contributed by atoms with Crippen molar-refractivity contribution in [1.29, 1.82) is 5.26 Å². The number of hydrogen-bond donors (Lipinski definition) is 1. The van der Waals surface area contributed by atoms with Gasteiger partial charge in [-0.2, -0.15) is 5.26 Å². The van der Waals surface area contributed by atoms with Crippen LogP contribution in [-0.4, -0.2) is 12.2 Å². The maximum absolute atomic E-state index is 10.0. The summed E-state index contributed by atoms with van der Waals surface area (Å²) >= 11 is 0. The fourth-order valence-corrected chi connectivity index (χ4v) is 4.62. The van der Waals surface area contributed by atoms with Crippen molar-refractivity contribution in [3.63, 3.8) is 0 Å². The van der Waals surface area contributed by atoms with Gasteiger partial charge in [-0.3, -0.25) is 0 Å². The molecule has 4 rings (SSSR count). The predicted molar refractivity (Wildman–Crippen MR) is 134 cm³/mol. The van der Waals surface area contributed by atoms with Crippen molar-refractivity contribution in [3.05, 3.63) is 88.0 Å². The van der Waals surface area contributed by atoms with E-state index in [-0.39, 0.29) is 24.0 Å². The van der Waals surface area contributed by atoms with Crippen molar-refractivity contribution in [2.75, 3.05) is 0 Å². The Bertz CT molecular complexity index is 1200. The molecule has 0 spiro atoms. The van der Waals surface area contributed by atoms with Crippen molar-refractivity contribution in [2.45, 2.75) is 65.1 Å². The van der Waals surface area contributed by atoms with Crippen LogP contribution in [0.3, 0.4) is 0 Å². The van der Waals surface area contributed by atoms with E-state index in [2.05, 4.69) is 12.1 Å². The van der Waals surface area contributed by atoms with E-state index < -0.39 is 0 Å². The Balaban J connectivity index is 1.84. The van der Waals surface area contributed by atoms with E-state index in [0.717, 1.165) is 58.8 Å². The van der Waals surface area contributed by atoms with Gasteiger partial charge >= 0.3 is 0 Å². The maximum Gasteiger partial charge on any atom is 0.205 e. The smallest absolute Gasteiger partial charge is 0.205 e.